The molecule has 2 atom stereocenters. The minimum atomic E-state index is -0.265. The zero-order valence-corrected chi connectivity index (χ0v) is 6.42. The minimum Gasteiger partial charge on any atom is -0.251 e. The first kappa shape index (κ1) is 8.41. The minimum absolute atomic E-state index is 0.145. The maximum Gasteiger partial charge on any atom is 0.234 e. The van der Waals surface area contributed by atoms with E-state index in [-0.39, 0.29) is 12.6 Å². The molecule has 1 rings (SSSR count). The Kier molecular flexibility index (Phi) is 3.24. The SMILES string of the molecule is O=C=NCC1CCCC1CF. The van der Waals surface area contributed by atoms with Crippen LogP contribution in [0.2, 0.25) is 0 Å². The molecule has 11 heavy (non-hydrogen) atoms. The highest BCUT2D eigenvalue weighted by molar-refractivity contribution is 5.32. The maximum atomic E-state index is 12.2. The highest BCUT2D eigenvalue weighted by Gasteiger charge is 2.26. The summed E-state index contributed by atoms with van der Waals surface area (Å²) in [5, 5.41) is 0. The first-order valence-corrected chi connectivity index (χ1v) is 3.98. The van der Waals surface area contributed by atoms with Crippen molar-refractivity contribution in [3.8, 4) is 0 Å². The molecule has 0 aromatic rings. The van der Waals surface area contributed by atoms with Crippen LogP contribution in [0.5, 0.6) is 0 Å². The van der Waals surface area contributed by atoms with E-state index in [9.17, 15) is 9.18 Å². The van der Waals surface area contributed by atoms with Crippen molar-refractivity contribution in [2.24, 2.45) is 16.8 Å². The molecule has 1 aliphatic rings. The van der Waals surface area contributed by atoms with E-state index in [1.165, 1.54) is 6.08 Å². The van der Waals surface area contributed by atoms with Gasteiger partial charge in [0.15, 0.2) is 0 Å². The molecule has 1 aliphatic carbocycles. The Labute approximate surface area is 65.5 Å². The molecule has 2 nitrogen and oxygen atoms in total. The van der Waals surface area contributed by atoms with Gasteiger partial charge in [-0.3, -0.25) is 4.39 Å². The van der Waals surface area contributed by atoms with Crippen molar-refractivity contribution in [1.82, 2.24) is 0 Å². The highest BCUT2D eigenvalue weighted by Crippen LogP contribution is 2.31. The summed E-state index contributed by atoms with van der Waals surface area (Å²) in [5.41, 5.74) is 0. The fourth-order valence-electron chi connectivity index (χ4n) is 1.71. The molecular weight excluding hydrogens is 145 g/mol. The number of halogens is 1. The molecule has 0 radical (unpaired) electrons. The van der Waals surface area contributed by atoms with E-state index in [1.807, 2.05) is 0 Å². The number of isocyanates is 1. The van der Waals surface area contributed by atoms with E-state index < -0.39 is 0 Å². The van der Waals surface area contributed by atoms with Crippen LogP contribution in [0.15, 0.2) is 4.99 Å². The van der Waals surface area contributed by atoms with Gasteiger partial charge in [0.1, 0.15) is 0 Å². The van der Waals surface area contributed by atoms with Crippen LogP contribution in [0, 0.1) is 11.8 Å². The normalized spacial score (nSPS) is 29.9. The summed E-state index contributed by atoms with van der Waals surface area (Å²) >= 11 is 0. The second-order valence-corrected chi connectivity index (χ2v) is 3.04. The van der Waals surface area contributed by atoms with Crippen molar-refractivity contribution >= 4 is 6.08 Å². The lowest BCUT2D eigenvalue weighted by Crippen LogP contribution is -2.12. The Hall–Kier alpha value is -0.690. The number of carbonyl (C=O) groups excluding carboxylic acids is 1. The third kappa shape index (κ3) is 2.12. The van der Waals surface area contributed by atoms with Gasteiger partial charge in [-0.05, 0) is 24.7 Å². The molecule has 0 aliphatic heterocycles. The van der Waals surface area contributed by atoms with Gasteiger partial charge in [0, 0.05) is 0 Å². The van der Waals surface area contributed by atoms with Crippen molar-refractivity contribution in [2.45, 2.75) is 19.3 Å². The van der Waals surface area contributed by atoms with Gasteiger partial charge in [0.05, 0.1) is 13.2 Å². The van der Waals surface area contributed by atoms with Gasteiger partial charge < -0.3 is 0 Å². The largest absolute Gasteiger partial charge is 0.251 e. The van der Waals surface area contributed by atoms with Crippen LogP contribution < -0.4 is 0 Å². The Morgan fingerprint density at radius 1 is 1.45 bits per heavy atom. The number of alkyl halides is 1. The number of hydrogen-bond acceptors (Lipinski definition) is 2. The lowest BCUT2D eigenvalue weighted by atomic mass is 9.98. The maximum absolute atomic E-state index is 12.2. The van der Waals surface area contributed by atoms with Crippen LogP contribution in [-0.4, -0.2) is 19.3 Å². The summed E-state index contributed by atoms with van der Waals surface area (Å²) in [6.45, 7) is 0.205. The molecule has 0 heterocycles. The first-order chi connectivity index (χ1) is 5.38. The van der Waals surface area contributed by atoms with Crippen molar-refractivity contribution in [2.75, 3.05) is 13.2 Å². The summed E-state index contributed by atoms with van der Waals surface area (Å²) in [7, 11) is 0. The van der Waals surface area contributed by atoms with Gasteiger partial charge >= 0.3 is 0 Å². The second kappa shape index (κ2) is 4.24. The average molecular weight is 157 g/mol. The topological polar surface area (TPSA) is 29.4 Å². The number of nitrogens with zero attached hydrogens (tertiary/aromatic N) is 1. The molecule has 0 amide bonds. The Bertz CT molecular complexity index is 165. The fourth-order valence-corrected chi connectivity index (χ4v) is 1.71. The molecular formula is C8H12FNO. The Morgan fingerprint density at radius 2 is 2.18 bits per heavy atom. The van der Waals surface area contributed by atoms with E-state index in [2.05, 4.69) is 4.99 Å². The molecule has 2 unspecified atom stereocenters. The van der Waals surface area contributed by atoms with Crippen LogP contribution in [0.1, 0.15) is 19.3 Å². The van der Waals surface area contributed by atoms with Gasteiger partial charge in [-0.2, -0.15) is 0 Å². The van der Waals surface area contributed by atoms with Crippen molar-refractivity contribution < 1.29 is 9.18 Å². The van der Waals surface area contributed by atoms with E-state index in [4.69, 9.17) is 0 Å². The van der Waals surface area contributed by atoms with Gasteiger partial charge in [-0.1, -0.05) is 6.42 Å². The van der Waals surface area contributed by atoms with Crippen molar-refractivity contribution in [3.05, 3.63) is 0 Å². The van der Waals surface area contributed by atoms with Crippen LogP contribution in [-0.2, 0) is 4.79 Å². The van der Waals surface area contributed by atoms with E-state index in [1.54, 1.807) is 0 Å². The van der Waals surface area contributed by atoms with Gasteiger partial charge in [-0.25, -0.2) is 9.79 Å². The molecule has 0 N–H and O–H groups in total. The van der Waals surface area contributed by atoms with Crippen LogP contribution in [0.3, 0.4) is 0 Å². The van der Waals surface area contributed by atoms with Gasteiger partial charge in [-0.15, -0.1) is 0 Å². The smallest absolute Gasteiger partial charge is 0.234 e. The van der Waals surface area contributed by atoms with Crippen molar-refractivity contribution in [3.63, 3.8) is 0 Å². The monoisotopic (exact) mass is 157 g/mol. The van der Waals surface area contributed by atoms with Crippen LogP contribution >= 0.6 is 0 Å². The zero-order chi connectivity index (χ0) is 8.10. The molecule has 1 saturated carbocycles. The highest BCUT2D eigenvalue weighted by atomic mass is 19.1. The predicted molar refractivity (Wildman–Crippen MR) is 39.8 cm³/mol. The zero-order valence-electron chi connectivity index (χ0n) is 6.42. The van der Waals surface area contributed by atoms with E-state index >= 15 is 0 Å². The standard InChI is InChI=1S/C8H12FNO/c9-4-7-2-1-3-8(7)5-10-6-11/h7-8H,1-5H2. The summed E-state index contributed by atoms with van der Waals surface area (Å²) in [5.74, 6) is 0.438. The van der Waals surface area contributed by atoms with Gasteiger partial charge in [0.25, 0.3) is 0 Å². The third-order valence-corrected chi connectivity index (χ3v) is 2.41. The lowest BCUT2D eigenvalue weighted by Gasteiger charge is -2.11. The average Bonchev–Trinajstić information content (AvgIpc) is 2.47. The second-order valence-electron chi connectivity index (χ2n) is 3.04. The predicted octanol–water partition coefficient (Wildman–Crippen LogP) is 1.71. The molecule has 62 valence electrons. The van der Waals surface area contributed by atoms with Crippen LogP contribution in [0.25, 0.3) is 0 Å². The third-order valence-electron chi connectivity index (χ3n) is 2.41. The molecule has 3 heteroatoms. The van der Waals surface area contributed by atoms with E-state index in [0.717, 1.165) is 19.3 Å². The Balaban J connectivity index is 2.36. The molecule has 0 aromatic carbocycles. The summed E-state index contributed by atoms with van der Waals surface area (Å²) in [6, 6.07) is 0. The number of aliphatic imine (C=N–C) groups is 1. The molecule has 0 spiro atoms. The molecule has 0 aromatic heterocycles. The first-order valence-electron chi connectivity index (χ1n) is 3.98. The molecule has 0 bridgehead atoms. The molecule has 0 saturated heterocycles. The van der Waals surface area contributed by atoms with Crippen molar-refractivity contribution in [1.29, 1.82) is 0 Å². The Morgan fingerprint density at radius 3 is 2.82 bits per heavy atom. The quantitative estimate of drug-likeness (QED) is 0.453. The summed E-state index contributed by atoms with van der Waals surface area (Å²) < 4.78 is 12.2. The van der Waals surface area contributed by atoms with Gasteiger partial charge in [0.2, 0.25) is 6.08 Å². The fraction of sp³-hybridized carbons (Fsp3) is 0.875. The van der Waals surface area contributed by atoms with E-state index in [0.29, 0.717) is 12.5 Å². The summed E-state index contributed by atoms with van der Waals surface area (Å²) in [4.78, 5) is 13.3. The number of hydrogen-bond donors (Lipinski definition) is 0. The lowest BCUT2D eigenvalue weighted by molar-refractivity contribution is 0.300. The number of rotatable bonds is 3. The molecule has 1 fully saturated rings. The summed E-state index contributed by atoms with van der Waals surface area (Å²) in [6.07, 6.45) is 4.54. The van der Waals surface area contributed by atoms with Crippen LogP contribution in [0.4, 0.5) is 4.39 Å².